The highest BCUT2D eigenvalue weighted by molar-refractivity contribution is 5.48. The maximum Gasteiger partial charge on any atom is 0.119 e. The minimum absolute atomic E-state index is 0.0708. The Morgan fingerprint density at radius 3 is 2.60 bits per heavy atom. The van der Waals surface area contributed by atoms with Gasteiger partial charge in [-0.25, -0.2) is 0 Å². The number of allylic oxidation sites excluding steroid dienone is 4. The molecular formula is C23H33NO. The van der Waals surface area contributed by atoms with Crippen LogP contribution >= 0.6 is 0 Å². The van der Waals surface area contributed by atoms with Gasteiger partial charge < -0.3 is 10.0 Å². The molecule has 1 aliphatic carbocycles. The van der Waals surface area contributed by atoms with E-state index in [2.05, 4.69) is 62.2 Å². The Balaban J connectivity index is 2.10. The molecule has 1 aliphatic heterocycles. The summed E-state index contributed by atoms with van der Waals surface area (Å²) < 4.78 is 0. The van der Waals surface area contributed by atoms with Crippen LogP contribution in [0.5, 0.6) is 5.75 Å². The van der Waals surface area contributed by atoms with Crippen LogP contribution in [-0.4, -0.2) is 30.1 Å². The number of benzene rings is 1. The summed E-state index contributed by atoms with van der Waals surface area (Å²) in [4.78, 5) is 2.43. The second kappa shape index (κ2) is 7.78. The lowest BCUT2D eigenvalue weighted by Gasteiger charge is -2.48. The molecule has 2 atom stereocenters. The lowest BCUT2D eigenvalue weighted by molar-refractivity contribution is 0.139. The zero-order chi connectivity index (χ0) is 17.9. The van der Waals surface area contributed by atoms with Crippen molar-refractivity contribution in [1.82, 2.24) is 4.90 Å². The van der Waals surface area contributed by atoms with Gasteiger partial charge in [0.1, 0.15) is 5.75 Å². The van der Waals surface area contributed by atoms with Crippen molar-refractivity contribution in [2.24, 2.45) is 11.8 Å². The first-order valence-corrected chi connectivity index (χ1v) is 9.98. The van der Waals surface area contributed by atoms with E-state index in [-0.39, 0.29) is 5.41 Å². The van der Waals surface area contributed by atoms with E-state index in [0.29, 0.717) is 17.6 Å². The van der Waals surface area contributed by atoms with Crippen LogP contribution in [0.15, 0.2) is 42.5 Å². The number of piperidine rings is 1. The molecule has 2 aliphatic rings. The van der Waals surface area contributed by atoms with Crippen molar-refractivity contribution in [1.29, 1.82) is 0 Å². The predicted molar refractivity (Wildman–Crippen MR) is 106 cm³/mol. The van der Waals surface area contributed by atoms with Gasteiger partial charge in [0.2, 0.25) is 0 Å². The molecule has 0 amide bonds. The monoisotopic (exact) mass is 339 g/mol. The predicted octanol–water partition coefficient (Wildman–Crippen LogP) is 5.08. The highest BCUT2D eigenvalue weighted by atomic mass is 16.3. The first-order valence-electron chi connectivity index (χ1n) is 9.98. The molecule has 25 heavy (non-hydrogen) atoms. The fraction of sp³-hybridized carbons (Fsp3) is 0.565. The first kappa shape index (κ1) is 18.3. The molecular weight excluding hydrogens is 306 g/mol. The van der Waals surface area contributed by atoms with Crippen LogP contribution in [-0.2, 0) is 11.8 Å². The largest absolute Gasteiger partial charge is 0.508 e. The van der Waals surface area contributed by atoms with Crippen molar-refractivity contribution < 1.29 is 5.11 Å². The molecule has 1 aromatic rings. The summed E-state index contributed by atoms with van der Waals surface area (Å²) in [5.74, 6) is 1.50. The summed E-state index contributed by atoms with van der Waals surface area (Å²) in [6, 6.07) is 6.31. The molecule has 2 unspecified atom stereocenters. The fourth-order valence-electron chi connectivity index (χ4n) is 4.98. The zero-order valence-corrected chi connectivity index (χ0v) is 16.0. The normalized spacial score (nSPS) is 27.7. The van der Waals surface area contributed by atoms with Gasteiger partial charge in [-0.05, 0) is 69.3 Å². The summed E-state index contributed by atoms with van der Waals surface area (Å²) in [5.41, 5.74) is 2.43. The quantitative estimate of drug-likeness (QED) is 0.809. The van der Waals surface area contributed by atoms with Gasteiger partial charge in [-0.1, -0.05) is 56.7 Å². The van der Waals surface area contributed by atoms with Crippen molar-refractivity contribution in [3.05, 3.63) is 53.6 Å². The average molecular weight is 340 g/mol. The summed E-state index contributed by atoms with van der Waals surface area (Å²) in [7, 11) is 2.22. The Labute approximate surface area is 153 Å². The van der Waals surface area contributed by atoms with Gasteiger partial charge in [-0.3, -0.25) is 0 Å². The minimum atomic E-state index is -0.0708. The molecule has 0 aromatic heterocycles. The number of likely N-dealkylation sites (tertiary alicyclic amines) is 1. The molecule has 3 rings (SSSR count). The third-order valence-electron chi connectivity index (χ3n) is 6.34. The number of hydrogen-bond acceptors (Lipinski definition) is 2. The third kappa shape index (κ3) is 3.42. The highest BCUT2D eigenvalue weighted by Crippen LogP contribution is 2.51. The number of hydrogen-bond donors (Lipinski definition) is 1. The second-order valence-electron chi connectivity index (χ2n) is 7.87. The summed E-state index contributed by atoms with van der Waals surface area (Å²) in [5, 5.41) is 10.8. The van der Waals surface area contributed by atoms with Crippen molar-refractivity contribution in [2.75, 3.05) is 20.1 Å². The van der Waals surface area contributed by atoms with E-state index in [4.69, 9.17) is 0 Å². The van der Waals surface area contributed by atoms with Crippen LogP contribution in [0.2, 0.25) is 0 Å². The van der Waals surface area contributed by atoms with Crippen LogP contribution in [0.3, 0.4) is 0 Å². The number of nitrogens with zero attached hydrogens (tertiary/aromatic N) is 1. The Kier molecular flexibility index (Phi) is 5.68. The van der Waals surface area contributed by atoms with Crippen LogP contribution in [0.25, 0.3) is 0 Å². The topological polar surface area (TPSA) is 23.5 Å². The number of rotatable bonds is 5. The highest BCUT2D eigenvalue weighted by Gasteiger charge is 2.46. The summed E-state index contributed by atoms with van der Waals surface area (Å²) in [6.45, 7) is 6.80. The molecule has 1 N–H and O–H groups in total. The smallest absolute Gasteiger partial charge is 0.119 e. The summed E-state index contributed by atoms with van der Waals surface area (Å²) >= 11 is 0. The van der Waals surface area contributed by atoms with E-state index in [1.54, 1.807) is 0 Å². The van der Waals surface area contributed by atoms with Crippen LogP contribution < -0.4 is 0 Å². The molecule has 0 radical (unpaired) electrons. The SMILES string of the molecule is CCCc1ccc(O)c(C2(C3CCN(C)CC3)C=CC=CC2CC)c1. The van der Waals surface area contributed by atoms with Gasteiger partial charge in [0.05, 0.1) is 0 Å². The maximum absolute atomic E-state index is 10.8. The van der Waals surface area contributed by atoms with E-state index in [1.807, 2.05) is 6.07 Å². The van der Waals surface area contributed by atoms with Gasteiger partial charge >= 0.3 is 0 Å². The van der Waals surface area contributed by atoms with Crippen molar-refractivity contribution in [2.45, 2.75) is 51.4 Å². The zero-order valence-electron chi connectivity index (χ0n) is 16.0. The van der Waals surface area contributed by atoms with Crippen LogP contribution in [0, 0.1) is 11.8 Å². The van der Waals surface area contributed by atoms with E-state index in [0.717, 1.165) is 37.9 Å². The Hall–Kier alpha value is -1.54. The Morgan fingerprint density at radius 1 is 1.16 bits per heavy atom. The molecule has 136 valence electrons. The average Bonchev–Trinajstić information content (AvgIpc) is 2.64. The molecule has 2 nitrogen and oxygen atoms in total. The van der Waals surface area contributed by atoms with Crippen molar-refractivity contribution in [3.63, 3.8) is 0 Å². The van der Waals surface area contributed by atoms with Crippen molar-refractivity contribution >= 4 is 0 Å². The first-order chi connectivity index (χ1) is 12.1. The molecule has 1 aromatic carbocycles. The lowest BCUT2D eigenvalue weighted by atomic mass is 9.57. The number of aryl methyl sites for hydroxylation is 1. The van der Waals surface area contributed by atoms with Gasteiger partial charge in [-0.2, -0.15) is 0 Å². The Bertz CT molecular complexity index is 639. The molecule has 1 heterocycles. The lowest BCUT2D eigenvalue weighted by Crippen LogP contribution is -2.46. The van der Waals surface area contributed by atoms with Crippen LogP contribution in [0.1, 0.15) is 50.7 Å². The van der Waals surface area contributed by atoms with Gasteiger partial charge in [0.25, 0.3) is 0 Å². The molecule has 0 spiro atoms. The molecule has 0 saturated carbocycles. The summed E-state index contributed by atoms with van der Waals surface area (Å²) in [6.07, 6.45) is 14.9. The van der Waals surface area contributed by atoms with Gasteiger partial charge in [-0.15, -0.1) is 0 Å². The van der Waals surface area contributed by atoms with Gasteiger partial charge in [0, 0.05) is 11.0 Å². The van der Waals surface area contributed by atoms with E-state index < -0.39 is 0 Å². The maximum atomic E-state index is 10.8. The van der Waals surface area contributed by atoms with E-state index >= 15 is 0 Å². The standard InChI is InChI=1S/C23H33NO/c1-4-8-18-10-11-22(25)21(17-18)23(14-7-6-9-19(23)5-2)20-12-15-24(3)16-13-20/h6-7,9-11,14,17,19-20,25H,4-5,8,12-13,15-16H2,1-3H3. The van der Waals surface area contributed by atoms with Gasteiger partial charge in [0.15, 0.2) is 0 Å². The molecule has 0 bridgehead atoms. The molecule has 1 fully saturated rings. The second-order valence-corrected chi connectivity index (χ2v) is 7.87. The minimum Gasteiger partial charge on any atom is -0.508 e. The number of phenols is 1. The number of aromatic hydroxyl groups is 1. The third-order valence-corrected chi connectivity index (χ3v) is 6.34. The fourth-order valence-corrected chi connectivity index (χ4v) is 4.98. The van der Waals surface area contributed by atoms with Crippen molar-refractivity contribution in [3.8, 4) is 5.75 Å². The Morgan fingerprint density at radius 2 is 1.92 bits per heavy atom. The van der Waals surface area contributed by atoms with E-state index in [9.17, 15) is 5.11 Å². The molecule has 1 saturated heterocycles. The van der Waals surface area contributed by atoms with E-state index in [1.165, 1.54) is 18.4 Å². The molecule has 2 heteroatoms. The van der Waals surface area contributed by atoms with Crippen LogP contribution in [0.4, 0.5) is 0 Å². The number of phenolic OH excluding ortho intramolecular Hbond substituents is 1.